The Kier molecular flexibility index (Phi) is 16.2. The van der Waals surface area contributed by atoms with Gasteiger partial charge in [0.2, 0.25) is 21.8 Å². The summed E-state index contributed by atoms with van der Waals surface area (Å²) in [7, 11) is -0.766. The lowest BCUT2D eigenvalue weighted by Gasteiger charge is -2.34. The van der Waals surface area contributed by atoms with E-state index < -0.39 is 73.4 Å². The van der Waals surface area contributed by atoms with E-state index in [-0.39, 0.29) is 47.4 Å². The van der Waals surface area contributed by atoms with E-state index in [0.29, 0.717) is 22.8 Å². The molecule has 4 aromatic carbocycles. The largest absolute Gasteiger partial charge is 0.390 e. The number of aliphatic hydroxyl groups excluding tert-OH is 2. The molecule has 18 nitrogen and oxygen atoms in total. The minimum Gasteiger partial charge on any atom is -0.390 e. The number of nitro benzene ring substituents is 2. The SMILES string of the molecule is CC(C)C[C@H](O)[C@H](O)[C@H](CC1CCCCC1)NC(=O)[C@H](Cc1cncn1-c1ccc([N+](=O)[O-])cc1[N+](=O)[O-])NC(=O)[C@H](Cc1ccccc1)NS(=O)(=O)c1cccc2c(N(C)C)cccc12. The minimum absolute atomic E-state index is 0.0192. The Morgan fingerprint density at radius 3 is 2.20 bits per heavy atom. The average Bonchev–Trinajstić information content (AvgIpc) is 3.75. The van der Waals surface area contributed by atoms with Gasteiger partial charge < -0.3 is 25.7 Å². The monoisotopic (exact) mass is 926 g/mol. The van der Waals surface area contributed by atoms with Gasteiger partial charge in [0.05, 0.1) is 39.3 Å². The van der Waals surface area contributed by atoms with E-state index in [0.717, 1.165) is 49.9 Å². The number of rotatable bonds is 21. The Hall–Kier alpha value is -6.28. The predicted octanol–water partition coefficient (Wildman–Crippen LogP) is 5.75. The number of hydrogen-bond donors (Lipinski definition) is 5. The van der Waals surface area contributed by atoms with Gasteiger partial charge in [-0.15, -0.1) is 0 Å². The van der Waals surface area contributed by atoms with Crippen LogP contribution in [-0.4, -0.2) is 94.3 Å². The van der Waals surface area contributed by atoms with E-state index in [1.165, 1.54) is 29.2 Å². The molecule has 1 fully saturated rings. The molecular formula is C47H58N8O10S. The van der Waals surface area contributed by atoms with Crippen molar-refractivity contribution in [2.24, 2.45) is 11.8 Å². The van der Waals surface area contributed by atoms with Crippen LogP contribution in [0.4, 0.5) is 17.1 Å². The van der Waals surface area contributed by atoms with Gasteiger partial charge in [0, 0.05) is 54.9 Å². The van der Waals surface area contributed by atoms with Crippen molar-refractivity contribution in [3.8, 4) is 5.69 Å². The molecule has 5 atom stereocenters. The molecule has 1 saturated carbocycles. The van der Waals surface area contributed by atoms with Gasteiger partial charge in [0.25, 0.3) is 11.4 Å². The number of non-ortho nitro benzene ring substituents is 1. The van der Waals surface area contributed by atoms with Crippen LogP contribution in [0.25, 0.3) is 16.5 Å². The van der Waals surface area contributed by atoms with E-state index >= 15 is 0 Å². The lowest BCUT2D eigenvalue weighted by Crippen LogP contribution is -2.58. The van der Waals surface area contributed by atoms with Crippen molar-refractivity contribution in [2.75, 3.05) is 19.0 Å². The van der Waals surface area contributed by atoms with Crippen molar-refractivity contribution in [3.63, 3.8) is 0 Å². The van der Waals surface area contributed by atoms with Crippen molar-refractivity contribution < 1.29 is 38.1 Å². The molecule has 1 aliphatic carbocycles. The first kappa shape index (κ1) is 49.2. The van der Waals surface area contributed by atoms with E-state index in [9.17, 15) is 48.4 Å². The first-order valence-corrected chi connectivity index (χ1v) is 23.6. The highest BCUT2D eigenvalue weighted by molar-refractivity contribution is 7.89. The Bertz CT molecular complexity index is 2620. The number of aromatic nitrogens is 2. The molecule has 1 heterocycles. The van der Waals surface area contributed by atoms with Crippen molar-refractivity contribution >= 4 is 49.7 Å². The molecule has 1 aliphatic rings. The summed E-state index contributed by atoms with van der Waals surface area (Å²) in [6.45, 7) is 3.80. The van der Waals surface area contributed by atoms with Gasteiger partial charge in [-0.25, -0.2) is 13.4 Å². The van der Waals surface area contributed by atoms with E-state index in [1.54, 1.807) is 54.6 Å². The zero-order valence-corrected chi connectivity index (χ0v) is 38.3. The van der Waals surface area contributed by atoms with Crippen LogP contribution in [0, 0.1) is 32.1 Å². The maximum atomic E-state index is 14.8. The number of nitrogens with zero attached hydrogens (tertiary/aromatic N) is 5. The first-order valence-electron chi connectivity index (χ1n) is 22.1. The summed E-state index contributed by atoms with van der Waals surface area (Å²) in [5, 5.41) is 53.3. The highest BCUT2D eigenvalue weighted by Gasteiger charge is 2.36. The van der Waals surface area contributed by atoms with E-state index in [1.807, 2.05) is 38.9 Å². The third-order valence-electron chi connectivity index (χ3n) is 12.1. The number of amides is 2. The summed E-state index contributed by atoms with van der Waals surface area (Å²) >= 11 is 0. The Morgan fingerprint density at radius 1 is 0.848 bits per heavy atom. The predicted molar refractivity (Wildman–Crippen MR) is 250 cm³/mol. The molecule has 6 rings (SSSR count). The van der Waals surface area contributed by atoms with Crippen LogP contribution in [0.1, 0.15) is 70.1 Å². The second-order valence-corrected chi connectivity index (χ2v) is 19.3. The van der Waals surface area contributed by atoms with Gasteiger partial charge in [-0.3, -0.25) is 34.4 Å². The molecule has 19 heteroatoms. The topological polar surface area (TPSA) is 252 Å². The fourth-order valence-corrected chi connectivity index (χ4v) is 10.2. The summed E-state index contributed by atoms with van der Waals surface area (Å²) in [6.07, 6.45) is 4.81. The van der Waals surface area contributed by atoms with Crippen LogP contribution in [0.15, 0.2) is 102 Å². The number of imidazole rings is 1. The smallest absolute Gasteiger partial charge is 0.300 e. The molecular weight excluding hydrogens is 869 g/mol. The highest BCUT2D eigenvalue weighted by Crippen LogP contribution is 2.32. The van der Waals surface area contributed by atoms with Gasteiger partial charge in [0.15, 0.2) is 0 Å². The number of benzene rings is 4. The quantitative estimate of drug-likeness (QED) is 0.0436. The standard InChI is InChI=1S/C47H58N8O10S/c1-30(2)23-43(56)45(57)37(24-31-13-7-5-8-14-31)49-46(58)38(26-34-28-48-29-53(34)41-22-21-33(54(60)61)27-42(41)55(62)63)50-47(59)39(25-32-15-9-6-10-16-32)51-66(64,65)44-20-12-17-35-36(44)18-11-19-40(35)52(3)4/h6,9-12,15-22,27-31,37-39,43,45,51,56-57H,5,7-8,13-14,23-26H2,1-4H3,(H,49,58)(H,50,59)/t37-,38-,39-,43-,45+/m0/s1. The van der Waals surface area contributed by atoms with Crippen LogP contribution >= 0.6 is 0 Å². The lowest BCUT2D eigenvalue weighted by molar-refractivity contribution is -0.394. The second kappa shape index (κ2) is 21.8. The van der Waals surface area contributed by atoms with Crippen LogP contribution in [0.3, 0.4) is 0 Å². The molecule has 1 aromatic heterocycles. The maximum absolute atomic E-state index is 14.8. The van der Waals surface area contributed by atoms with Crippen LogP contribution in [0.2, 0.25) is 0 Å². The van der Waals surface area contributed by atoms with Gasteiger partial charge in [-0.2, -0.15) is 4.72 Å². The van der Waals surface area contributed by atoms with Gasteiger partial charge in [-0.05, 0) is 54.9 Å². The molecule has 0 bridgehead atoms. The van der Waals surface area contributed by atoms with Gasteiger partial charge >= 0.3 is 0 Å². The molecule has 66 heavy (non-hydrogen) atoms. The molecule has 5 N–H and O–H groups in total. The first-order chi connectivity index (χ1) is 31.4. The summed E-state index contributed by atoms with van der Waals surface area (Å²) < 4.78 is 32.8. The fourth-order valence-electron chi connectivity index (χ4n) is 8.77. The molecule has 0 unspecified atom stereocenters. The van der Waals surface area contributed by atoms with Crippen molar-refractivity contribution in [1.82, 2.24) is 24.9 Å². The average molecular weight is 927 g/mol. The van der Waals surface area contributed by atoms with Crippen molar-refractivity contribution in [2.45, 2.75) is 107 Å². The third-order valence-corrected chi connectivity index (χ3v) is 13.6. The maximum Gasteiger partial charge on any atom is 0.300 e. The molecule has 0 spiro atoms. The second-order valence-electron chi connectivity index (χ2n) is 17.6. The number of aliphatic hydroxyl groups is 2. The minimum atomic E-state index is -4.45. The van der Waals surface area contributed by atoms with Crippen LogP contribution < -0.4 is 20.3 Å². The number of fused-ring (bicyclic) bond motifs is 1. The number of nitro groups is 2. The Morgan fingerprint density at radius 2 is 1.53 bits per heavy atom. The summed E-state index contributed by atoms with van der Waals surface area (Å²) in [4.78, 5) is 57.8. The molecule has 0 aliphatic heterocycles. The number of nitrogens with one attached hydrogen (secondary N) is 3. The third kappa shape index (κ3) is 12.1. The fraction of sp³-hybridized carbons (Fsp3) is 0.426. The Balaban J connectivity index is 1.40. The molecule has 5 aromatic rings. The number of carbonyl (C=O) groups is 2. The van der Waals surface area contributed by atoms with Crippen LogP contribution in [0.5, 0.6) is 0 Å². The molecule has 0 saturated heterocycles. The summed E-state index contributed by atoms with van der Waals surface area (Å²) in [5.74, 6) is -1.51. The normalized spacial score (nSPS) is 15.7. The van der Waals surface area contributed by atoms with Crippen LogP contribution in [-0.2, 0) is 32.5 Å². The Labute approximate surface area is 383 Å². The number of carbonyl (C=O) groups excluding carboxylic acids is 2. The molecule has 352 valence electrons. The highest BCUT2D eigenvalue weighted by atomic mass is 32.2. The molecule has 2 amide bonds. The van der Waals surface area contributed by atoms with Crippen molar-refractivity contribution in [3.05, 3.63) is 129 Å². The number of sulfonamides is 1. The summed E-state index contributed by atoms with van der Waals surface area (Å²) in [5.41, 5.74) is 0.308. The lowest BCUT2D eigenvalue weighted by atomic mass is 9.82. The van der Waals surface area contributed by atoms with Gasteiger partial charge in [-0.1, -0.05) is 101 Å². The number of anilines is 1. The summed E-state index contributed by atoms with van der Waals surface area (Å²) in [6, 6.07) is 18.0. The molecule has 0 radical (unpaired) electrons. The van der Waals surface area contributed by atoms with E-state index in [2.05, 4.69) is 20.3 Å². The zero-order chi connectivity index (χ0) is 47.7. The zero-order valence-electron chi connectivity index (χ0n) is 37.4. The number of hydrogen-bond acceptors (Lipinski definition) is 12. The van der Waals surface area contributed by atoms with E-state index in [4.69, 9.17) is 0 Å². The van der Waals surface area contributed by atoms with Gasteiger partial charge in [0.1, 0.15) is 23.9 Å². The van der Waals surface area contributed by atoms with Crippen molar-refractivity contribution in [1.29, 1.82) is 0 Å².